The maximum absolute atomic E-state index is 11.3. The zero-order valence-electron chi connectivity index (χ0n) is 10.2. The van der Waals surface area contributed by atoms with Crippen LogP contribution in [0.4, 0.5) is 0 Å². The van der Waals surface area contributed by atoms with E-state index in [1.807, 2.05) is 13.1 Å². The summed E-state index contributed by atoms with van der Waals surface area (Å²) in [6, 6.07) is 0. The lowest BCUT2D eigenvalue weighted by atomic mass is 10.2. The van der Waals surface area contributed by atoms with Gasteiger partial charge >= 0.3 is 5.97 Å². The first kappa shape index (κ1) is 12.1. The van der Waals surface area contributed by atoms with Crippen LogP contribution in [0.5, 0.6) is 0 Å². The van der Waals surface area contributed by atoms with Crippen molar-refractivity contribution < 1.29 is 9.90 Å². The summed E-state index contributed by atoms with van der Waals surface area (Å²) in [5.74, 6) is -0.493. The first-order valence-electron chi connectivity index (χ1n) is 5.78. The van der Waals surface area contributed by atoms with Crippen LogP contribution in [0.25, 0.3) is 4.96 Å². The molecule has 17 heavy (non-hydrogen) atoms. The topological polar surface area (TPSA) is 54.6 Å². The lowest BCUT2D eigenvalue weighted by molar-refractivity contribution is 0.0688. The fourth-order valence-electron chi connectivity index (χ4n) is 1.81. The lowest BCUT2D eigenvalue weighted by Crippen LogP contribution is -2.04. The predicted molar refractivity (Wildman–Crippen MR) is 68.1 cm³/mol. The highest BCUT2D eigenvalue weighted by atomic mass is 32.1. The van der Waals surface area contributed by atoms with E-state index in [0.29, 0.717) is 23.7 Å². The summed E-state index contributed by atoms with van der Waals surface area (Å²) in [4.78, 5) is 17.7. The number of aryl methyl sites for hydroxylation is 1. The van der Waals surface area contributed by atoms with Gasteiger partial charge in [0.25, 0.3) is 0 Å². The molecule has 0 radical (unpaired) electrons. The molecule has 92 valence electrons. The molecule has 2 aromatic rings. The number of nitrogens with zero attached hydrogens (tertiary/aromatic N) is 2. The molecule has 1 N–H and O–H groups in total. The highest BCUT2D eigenvalue weighted by molar-refractivity contribution is 7.17. The number of carbonyl (C=O) groups is 1. The fraction of sp³-hybridized carbons (Fsp3) is 0.500. The average molecular weight is 252 g/mol. The molecule has 0 fully saturated rings. The number of hydrogen-bond donors (Lipinski definition) is 1. The molecule has 0 saturated heterocycles. The Hall–Kier alpha value is -1.36. The van der Waals surface area contributed by atoms with Gasteiger partial charge in [-0.3, -0.25) is 4.40 Å². The van der Waals surface area contributed by atoms with E-state index in [-0.39, 0.29) is 0 Å². The summed E-state index contributed by atoms with van der Waals surface area (Å²) in [5, 5.41) is 9.27. The molecule has 2 aromatic heterocycles. The van der Waals surface area contributed by atoms with Crippen molar-refractivity contribution in [1.82, 2.24) is 9.38 Å². The molecule has 0 unspecified atom stereocenters. The molecule has 0 saturated carbocycles. The third kappa shape index (κ3) is 2.07. The number of carboxylic acid groups (broad SMARTS) is 1. The Kier molecular flexibility index (Phi) is 3.19. The Morgan fingerprint density at radius 1 is 1.59 bits per heavy atom. The minimum Gasteiger partial charge on any atom is -0.477 e. The molecule has 0 aliphatic carbocycles. The molecule has 0 aliphatic rings. The molecule has 0 spiro atoms. The van der Waals surface area contributed by atoms with Crippen molar-refractivity contribution in [2.75, 3.05) is 0 Å². The fourth-order valence-corrected chi connectivity index (χ4v) is 2.82. The van der Waals surface area contributed by atoms with Crippen LogP contribution in [0.15, 0.2) is 6.20 Å². The van der Waals surface area contributed by atoms with Crippen molar-refractivity contribution >= 4 is 22.3 Å². The summed E-state index contributed by atoms with van der Waals surface area (Å²) in [6.07, 6.45) is 3.52. The third-order valence-electron chi connectivity index (χ3n) is 2.67. The van der Waals surface area contributed by atoms with E-state index < -0.39 is 5.97 Å². The van der Waals surface area contributed by atoms with Gasteiger partial charge in [0.05, 0.1) is 5.69 Å². The maximum Gasteiger partial charge on any atom is 0.354 e. The van der Waals surface area contributed by atoms with Crippen LogP contribution in [0, 0.1) is 0 Å². The minimum atomic E-state index is -0.894. The van der Waals surface area contributed by atoms with Gasteiger partial charge in [-0.25, -0.2) is 9.78 Å². The first-order chi connectivity index (χ1) is 8.04. The lowest BCUT2D eigenvalue weighted by Gasteiger charge is -1.99. The number of rotatable bonds is 4. The summed E-state index contributed by atoms with van der Waals surface area (Å²) in [5.41, 5.74) is 1.02. The largest absolute Gasteiger partial charge is 0.477 e. The van der Waals surface area contributed by atoms with Crippen molar-refractivity contribution in [2.24, 2.45) is 0 Å². The Labute approximate surface area is 104 Å². The predicted octanol–water partition coefficient (Wildman–Crippen LogP) is 3.17. The molecule has 0 amide bonds. The van der Waals surface area contributed by atoms with E-state index in [4.69, 9.17) is 0 Å². The van der Waals surface area contributed by atoms with E-state index >= 15 is 0 Å². The van der Waals surface area contributed by atoms with Crippen LogP contribution in [0.3, 0.4) is 0 Å². The Morgan fingerprint density at radius 2 is 2.29 bits per heavy atom. The highest BCUT2D eigenvalue weighted by Gasteiger charge is 2.20. The van der Waals surface area contributed by atoms with Gasteiger partial charge in [-0.2, -0.15) is 0 Å². The van der Waals surface area contributed by atoms with Gasteiger partial charge in [0.15, 0.2) is 10.7 Å². The van der Waals surface area contributed by atoms with Crippen molar-refractivity contribution in [3.05, 3.63) is 22.5 Å². The van der Waals surface area contributed by atoms with Crippen LogP contribution in [0.1, 0.15) is 54.2 Å². The number of carboxylic acids is 1. The van der Waals surface area contributed by atoms with Crippen molar-refractivity contribution in [3.63, 3.8) is 0 Å². The molecule has 4 nitrogen and oxygen atoms in total. The number of fused-ring (bicyclic) bond motifs is 1. The average Bonchev–Trinajstić information content (AvgIpc) is 2.73. The third-order valence-corrected chi connectivity index (χ3v) is 3.96. The van der Waals surface area contributed by atoms with E-state index in [9.17, 15) is 9.90 Å². The molecule has 2 rings (SSSR count). The van der Waals surface area contributed by atoms with Crippen molar-refractivity contribution in [3.8, 4) is 0 Å². The Bertz CT molecular complexity index is 554. The smallest absolute Gasteiger partial charge is 0.354 e. The first-order valence-corrected chi connectivity index (χ1v) is 6.60. The minimum absolute atomic E-state index is 0.324. The van der Waals surface area contributed by atoms with Gasteiger partial charge in [-0.05, 0) is 12.3 Å². The van der Waals surface area contributed by atoms with Crippen LogP contribution >= 0.6 is 11.3 Å². The summed E-state index contributed by atoms with van der Waals surface area (Å²) in [7, 11) is 0. The zero-order chi connectivity index (χ0) is 12.6. The zero-order valence-corrected chi connectivity index (χ0v) is 11.0. The van der Waals surface area contributed by atoms with E-state index in [1.54, 1.807) is 15.7 Å². The van der Waals surface area contributed by atoms with E-state index in [0.717, 1.165) is 16.3 Å². The van der Waals surface area contributed by atoms with Crippen molar-refractivity contribution in [1.29, 1.82) is 0 Å². The monoisotopic (exact) mass is 252 g/mol. The number of hydrogen-bond acceptors (Lipinski definition) is 3. The van der Waals surface area contributed by atoms with E-state index in [1.165, 1.54) is 0 Å². The Balaban J connectivity index is 2.60. The van der Waals surface area contributed by atoms with E-state index in [2.05, 4.69) is 18.8 Å². The highest BCUT2D eigenvalue weighted by Crippen LogP contribution is 2.27. The quantitative estimate of drug-likeness (QED) is 0.909. The standard InChI is InChI=1S/C12H16N2O2S/c1-4-5-8-10(11(15)16)14-6-9(7(2)3)17-12(14)13-8/h6-7H,4-5H2,1-3H3,(H,15,16). The maximum atomic E-state index is 11.3. The SMILES string of the molecule is CCCc1nc2sc(C(C)C)cn2c1C(=O)O. The Morgan fingerprint density at radius 3 is 2.82 bits per heavy atom. The normalized spacial score (nSPS) is 11.5. The second-order valence-corrected chi connectivity index (χ2v) is 5.44. The van der Waals surface area contributed by atoms with Gasteiger partial charge in [-0.1, -0.05) is 27.2 Å². The molecular formula is C12H16N2O2S. The number of aromatic nitrogens is 2. The second-order valence-electron chi connectivity index (χ2n) is 4.40. The molecule has 0 aromatic carbocycles. The molecule has 5 heteroatoms. The van der Waals surface area contributed by atoms with Gasteiger partial charge in [0, 0.05) is 11.1 Å². The van der Waals surface area contributed by atoms with Gasteiger partial charge in [0.2, 0.25) is 0 Å². The number of imidazole rings is 1. The van der Waals surface area contributed by atoms with Crippen LogP contribution in [-0.2, 0) is 6.42 Å². The van der Waals surface area contributed by atoms with Crippen molar-refractivity contribution in [2.45, 2.75) is 39.5 Å². The number of aromatic carboxylic acids is 1. The second kappa shape index (κ2) is 4.49. The van der Waals surface area contributed by atoms with Crippen LogP contribution < -0.4 is 0 Å². The van der Waals surface area contributed by atoms with Gasteiger partial charge < -0.3 is 5.11 Å². The summed E-state index contributed by atoms with van der Waals surface area (Å²) < 4.78 is 1.72. The number of thiazole rings is 1. The molecular weight excluding hydrogens is 236 g/mol. The van der Waals surface area contributed by atoms with Gasteiger partial charge in [-0.15, -0.1) is 11.3 Å². The van der Waals surface area contributed by atoms with Crippen LogP contribution in [-0.4, -0.2) is 20.5 Å². The molecule has 2 heterocycles. The summed E-state index contributed by atoms with van der Waals surface area (Å²) >= 11 is 1.57. The summed E-state index contributed by atoms with van der Waals surface area (Å²) in [6.45, 7) is 6.22. The van der Waals surface area contributed by atoms with Gasteiger partial charge in [0.1, 0.15) is 0 Å². The molecule has 0 bridgehead atoms. The van der Waals surface area contributed by atoms with Crippen LogP contribution in [0.2, 0.25) is 0 Å². The molecule has 0 atom stereocenters. The molecule has 0 aliphatic heterocycles.